The zero-order valence-corrected chi connectivity index (χ0v) is 18.2. The lowest BCUT2D eigenvalue weighted by Gasteiger charge is -2.49. The van der Waals surface area contributed by atoms with E-state index in [2.05, 4.69) is 33.0 Å². The number of amides is 1. The third-order valence-electron chi connectivity index (χ3n) is 4.95. The van der Waals surface area contributed by atoms with Crippen molar-refractivity contribution >= 4 is 29.7 Å². The highest BCUT2D eigenvalue weighted by Crippen LogP contribution is 2.34. The van der Waals surface area contributed by atoms with Crippen molar-refractivity contribution in [3.8, 4) is 0 Å². The lowest BCUT2D eigenvalue weighted by Crippen LogP contribution is -2.62. The van der Waals surface area contributed by atoms with Crippen LogP contribution < -0.4 is 5.32 Å². The SMILES string of the molecule is CC1(C)CC(N(Cc2cccs2)C(=O)c2c(F)cccc2F)CC(C)(C)N1.Cl. The van der Waals surface area contributed by atoms with Gasteiger partial charge in [-0.1, -0.05) is 12.1 Å². The first-order chi connectivity index (χ1) is 12.6. The molecule has 1 amide bonds. The zero-order valence-electron chi connectivity index (χ0n) is 16.6. The van der Waals surface area contributed by atoms with E-state index in [1.165, 1.54) is 17.4 Å². The standard InChI is InChI=1S/C21H26F2N2OS.ClH/c1-20(2)11-14(12-21(3,4)24-20)25(13-15-7-6-10-27-15)19(26)18-16(22)8-5-9-17(18)23;/h5-10,14,24H,11-13H2,1-4H3;1H. The minimum Gasteiger partial charge on any atom is -0.330 e. The minimum absolute atomic E-state index is 0. The maximum absolute atomic E-state index is 14.3. The lowest BCUT2D eigenvalue weighted by atomic mass is 9.79. The van der Waals surface area contributed by atoms with Gasteiger partial charge in [0.15, 0.2) is 0 Å². The molecule has 28 heavy (non-hydrogen) atoms. The second kappa shape index (κ2) is 8.47. The second-order valence-electron chi connectivity index (χ2n) is 8.56. The van der Waals surface area contributed by atoms with Gasteiger partial charge in [-0.25, -0.2) is 8.78 Å². The number of benzene rings is 1. The number of carbonyl (C=O) groups is 1. The van der Waals surface area contributed by atoms with Crippen LogP contribution in [0.25, 0.3) is 0 Å². The maximum atomic E-state index is 14.3. The summed E-state index contributed by atoms with van der Waals surface area (Å²) >= 11 is 1.54. The highest BCUT2D eigenvalue weighted by Gasteiger charge is 2.42. The summed E-state index contributed by atoms with van der Waals surface area (Å²) in [6, 6.07) is 7.29. The Morgan fingerprint density at radius 1 is 1.11 bits per heavy atom. The molecule has 1 saturated heterocycles. The molecule has 1 fully saturated rings. The number of halogens is 3. The summed E-state index contributed by atoms with van der Waals surface area (Å²) in [7, 11) is 0. The fourth-order valence-corrected chi connectivity index (χ4v) is 4.97. The molecular formula is C21H27ClF2N2OS. The molecule has 0 bridgehead atoms. The quantitative estimate of drug-likeness (QED) is 0.707. The summed E-state index contributed by atoms with van der Waals surface area (Å²) in [6.07, 6.45) is 1.42. The van der Waals surface area contributed by atoms with Gasteiger partial charge in [0, 0.05) is 22.0 Å². The lowest BCUT2D eigenvalue weighted by molar-refractivity contribution is 0.0415. The molecule has 0 saturated carbocycles. The number of nitrogens with one attached hydrogen (secondary N) is 1. The fourth-order valence-electron chi connectivity index (χ4n) is 4.27. The number of piperidine rings is 1. The molecule has 1 aliphatic rings. The van der Waals surface area contributed by atoms with E-state index in [0.717, 1.165) is 17.0 Å². The molecule has 154 valence electrons. The van der Waals surface area contributed by atoms with E-state index in [9.17, 15) is 13.6 Å². The Morgan fingerprint density at radius 3 is 2.18 bits per heavy atom. The van der Waals surface area contributed by atoms with Gasteiger partial charge < -0.3 is 10.2 Å². The van der Waals surface area contributed by atoms with Gasteiger partial charge in [0.1, 0.15) is 17.2 Å². The van der Waals surface area contributed by atoms with Crippen molar-refractivity contribution in [2.45, 2.75) is 64.2 Å². The Balaban J connectivity index is 0.00000280. The second-order valence-corrected chi connectivity index (χ2v) is 9.60. The maximum Gasteiger partial charge on any atom is 0.260 e. The first-order valence-corrected chi connectivity index (χ1v) is 10.0. The average molecular weight is 429 g/mol. The van der Waals surface area contributed by atoms with Gasteiger partial charge >= 0.3 is 0 Å². The third-order valence-corrected chi connectivity index (χ3v) is 5.81. The number of hydrogen-bond acceptors (Lipinski definition) is 3. The summed E-state index contributed by atoms with van der Waals surface area (Å²) < 4.78 is 28.6. The Bertz CT molecular complexity index is 788. The van der Waals surface area contributed by atoms with E-state index in [4.69, 9.17) is 0 Å². The van der Waals surface area contributed by atoms with Crippen LogP contribution in [0.3, 0.4) is 0 Å². The van der Waals surface area contributed by atoms with Crippen LogP contribution in [0.1, 0.15) is 55.8 Å². The number of nitrogens with zero attached hydrogens (tertiary/aromatic N) is 1. The van der Waals surface area contributed by atoms with E-state index < -0.39 is 23.1 Å². The Morgan fingerprint density at radius 2 is 1.68 bits per heavy atom. The average Bonchev–Trinajstić information content (AvgIpc) is 3.02. The van der Waals surface area contributed by atoms with E-state index in [1.54, 1.807) is 4.90 Å². The van der Waals surface area contributed by atoms with Crippen LogP contribution in [0.5, 0.6) is 0 Å². The van der Waals surface area contributed by atoms with Crippen molar-refractivity contribution in [3.05, 3.63) is 57.8 Å². The van der Waals surface area contributed by atoms with Crippen LogP contribution in [0.4, 0.5) is 8.78 Å². The molecule has 3 nitrogen and oxygen atoms in total. The third kappa shape index (κ3) is 5.10. The number of rotatable bonds is 4. The molecule has 0 radical (unpaired) electrons. The van der Waals surface area contributed by atoms with Crippen molar-refractivity contribution in [2.24, 2.45) is 0 Å². The van der Waals surface area contributed by atoms with Gasteiger partial charge in [0.05, 0.1) is 6.54 Å². The minimum atomic E-state index is -0.816. The summed E-state index contributed by atoms with van der Waals surface area (Å²) in [5.74, 6) is -2.22. The normalized spacial score (nSPS) is 18.4. The molecule has 2 aromatic rings. The van der Waals surface area contributed by atoms with Gasteiger partial charge in [-0.05, 0) is 64.1 Å². The van der Waals surface area contributed by atoms with Gasteiger partial charge in [0.25, 0.3) is 5.91 Å². The van der Waals surface area contributed by atoms with Crippen LogP contribution in [-0.4, -0.2) is 27.9 Å². The molecule has 0 aliphatic carbocycles. The Kier molecular flexibility index (Phi) is 6.90. The number of thiophene rings is 1. The number of hydrogen-bond donors (Lipinski definition) is 1. The van der Waals surface area contributed by atoms with Crippen molar-refractivity contribution in [2.75, 3.05) is 0 Å². The summed E-state index contributed by atoms with van der Waals surface area (Å²) in [5.41, 5.74) is -0.842. The molecule has 7 heteroatoms. The molecular weight excluding hydrogens is 402 g/mol. The largest absolute Gasteiger partial charge is 0.330 e. The first kappa shape index (κ1) is 22.8. The molecule has 1 aliphatic heterocycles. The molecule has 2 heterocycles. The summed E-state index contributed by atoms with van der Waals surface area (Å²) in [5, 5.41) is 5.54. The predicted octanol–water partition coefficient (Wildman–Crippen LogP) is 5.40. The predicted molar refractivity (Wildman–Crippen MR) is 112 cm³/mol. The Labute approximate surface area is 175 Å². The van der Waals surface area contributed by atoms with Gasteiger partial charge in [-0.3, -0.25) is 4.79 Å². The van der Waals surface area contributed by atoms with Gasteiger partial charge in [-0.15, -0.1) is 23.7 Å². The van der Waals surface area contributed by atoms with Crippen LogP contribution in [-0.2, 0) is 6.54 Å². The first-order valence-electron chi connectivity index (χ1n) is 9.15. The van der Waals surface area contributed by atoms with Crippen molar-refractivity contribution < 1.29 is 13.6 Å². The fraction of sp³-hybridized carbons (Fsp3) is 0.476. The van der Waals surface area contributed by atoms with E-state index >= 15 is 0 Å². The van der Waals surface area contributed by atoms with Crippen LogP contribution in [0.15, 0.2) is 35.7 Å². The van der Waals surface area contributed by atoms with Gasteiger partial charge in [-0.2, -0.15) is 0 Å². The molecule has 0 atom stereocenters. The molecule has 1 aromatic heterocycles. The highest BCUT2D eigenvalue weighted by molar-refractivity contribution is 7.09. The van der Waals surface area contributed by atoms with Crippen molar-refractivity contribution in [1.82, 2.24) is 10.2 Å². The Hall–Kier alpha value is -1.50. The summed E-state index contributed by atoms with van der Waals surface area (Å²) in [6.45, 7) is 8.73. The topological polar surface area (TPSA) is 32.3 Å². The monoisotopic (exact) mass is 428 g/mol. The molecule has 1 N–H and O–H groups in total. The van der Waals surface area contributed by atoms with E-state index in [0.29, 0.717) is 19.4 Å². The highest BCUT2D eigenvalue weighted by atomic mass is 35.5. The molecule has 0 spiro atoms. The zero-order chi connectivity index (χ0) is 19.8. The van der Waals surface area contributed by atoms with Crippen LogP contribution >= 0.6 is 23.7 Å². The van der Waals surface area contributed by atoms with Crippen molar-refractivity contribution in [1.29, 1.82) is 0 Å². The van der Waals surface area contributed by atoms with Crippen LogP contribution in [0.2, 0.25) is 0 Å². The number of carbonyl (C=O) groups excluding carboxylic acids is 1. The smallest absolute Gasteiger partial charge is 0.260 e. The molecule has 1 aromatic carbocycles. The van der Waals surface area contributed by atoms with Crippen molar-refractivity contribution in [3.63, 3.8) is 0 Å². The van der Waals surface area contributed by atoms with Gasteiger partial charge in [0.2, 0.25) is 0 Å². The van der Waals surface area contributed by atoms with E-state index in [-0.39, 0.29) is 29.5 Å². The molecule has 3 rings (SSSR count). The summed E-state index contributed by atoms with van der Waals surface area (Å²) in [4.78, 5) is 15.9. The van der Waals surface area contributed by atoms with Crippen LogP contribution in [0, 0.1) is 11.6 Å². The molecule has 0 unspecified atom stereocenters. The van der Waals surface area contributed by atoms with E-state index in [1.807, 2.05) is 17.5 Å².